The van der Waals surface area contributed by atoms with Gasteiger partial charge < -0.3 is 4.74 Å². The molecule has 0 radical (unpaired) electrons. The molecule has 0 atom stereocenters. The molecule has 0 amide bonds. The maximum absolute atomic E-state index is 12.6. The van der Waals surface area contributed by atoms with Crippen molar-refractivity contribution < 1.29 is 22.7 Å². The van der Waals surface area contributed by atoms with Gasteiger partial charge in [-0.15, -0.1) is 11.3 Å². The van der Waals surface area contributed by atoms with Crippen LogP contribution in [-0.4, -0.2) is 24.2 Å². The fraction of sp³-hybridized carbons (Fsp3) is 0.667. The van der Waals surface area contributed by atoms with E-state index in [2.05, 4.69) is 9.72 Å². The number of methoxy groups -OCH3 is 1. The first-order valence-electron chi connectivity index (χ1n) is 6.02. The third kappa shape index (κ3) is 3.26. The normalized spacial score (nSPS) is 24.2. The van der Waals surface area contributed by atoms with Crippen molar-refractivity contribution in [1.82, 2.24) is 4.98 Å². The van der Waals surface area contributed by atoms with E-state index < -0.39 is 18.1 Å². The number of carbonyl (C=O) groups is 1. The standard InChI is InChI=1S/C12H14F3NO2S/c1-18-11(17)9-6-19-10(16-9)7-2-4-8(5-3-7)12(13,14)15/h6-8H,2-5H2,1H3. The van der Waals surface area contributed by atoms with Gasteiger partial charge in [-0.1, -0.05) is 0 Å². The molecule has 19 heavy (non-hydrogen) atoms. The zero-order valence-electron chi connectivity index (χ0n) is 10.4. The number of hydrogen-bond donors (Lipinski definition) is 0. The van der Waals surface area contributed by atoms with Crippen molar-refractivity contribution in [2.24, 2.45) is 5.92 Å². The molecule has 0 aromatic carbocycles. The molecule has 0 bridgehead atoms. The summed E-state index contributed by atoms with van der Waals surface area (Å²) >= 11 is 1.32. The largest absolute Gasteiger partial charge is 0.464 e. The molecule has 1 aliphatic rings. The molecule has 0 aliphatic heterocycles. The summed E-state index contributed by atoms with van der Waals surface area (Å²) in [5.74, 6) is -1.67. The zero-order valence-corrected chi connectivity index (χ0v) is 11.2. The number of alkyl halides is 3. The van der Waals surface area contributed by atoms with Crippen LogP contribution in [0.15, 0.2) is 5.38 Å². The number of aromatic nitrogens is 1. The molecule has 106 valence electrons. The first kappa shape index (κ1) is 14.3. The highest BCUT2D eigenvalue weighted by Crippen LogP contribution is 2.43. The maximum atomic E-state index is 12.6. The molecule has 3 nitrogen and oxygen atoms in total. The Labute approximate surface area is 112 Å². The first-order valence-corrected chi connectivity index (χ1v) is 6.90. The van der Waals surface area contributed by atoms with Crippen molar-refractivity contribution in [3.63, 3.8) is 0 Å². The summed E-state index contributed by atoms with van der Waals surface area (Å²) in [6.07, 6.45) is -2.87. The van der Waals surface area contributed by atoms with E-state index in [4.69, 9.17) is 0 Å². The zero-order chi connectivity index (χ0) is 14.0. The Balaban J connectivity index is 1.98. The molecular weight excluding hydrogens is 279 g/mol. The fourth-order valence-electron chi connectivity index (χ4n) is 2.34. The average Bonchev–Trinajstić information content (AvgIpc) is 2.86. The van der Waals surface area contributed by atoms with Crippen LogP contribution >= 0.6 is 11.3 Å². The Bertz CT molecular complexity index is 450. The molecule has 0 spiro atoms. The van der Waals surface area contributed by atoms with Crippen LogP contribution in [0.1, 0.15) is 47.1 Å². The molecule has 0 unspecified atom stereocenters. The lowest BCUT2D eigenvalue weighted by Crippen LogP contribution is -2.27. The lowest BCUT2D eigenvalue weighted by molar-refractivity contribution is -0.182. The van der Waals surface area contributed by atoms with Crippen LogP contribution in [0.4, 0.5) is 13.2 Å². The van der Waals surface area contributed by atoms with Crippen molar-refractivity contribution in [3.8, 4) is 0 Å². The molecule has 1 aromatic heterocycles. The summed E-state index contributed by atoms with van der Waals surface area (Å²) in [6, 6.07) is 0. The van der Waals surface area contributed by atoms with E-state index in [1.165, 1.54) is 18.4 Å². The summed E-state index contributed by atoms with van der Waals surface area (Å²) in [5.41, 5.74) is 0.237. The first-order chi connectivity index (χ1) is 8.91. The minimum atomic E-state index is -4.09. The van der Waals surface area contributed by atoms with Gasteiger partial charge in [0.25, 0.3) is 0 Å². The minimum absolute atomic E-state index is 0.0296. The van der Waals surface area contributed by atoms with Crippen LogP contribution in [0, 0.1) is 5.92 Å². The molecule has 1 aromatic rings. The smallest absolute Gasteiger partial charge is 0.391 e. The number of carbonyl (C=O) groups excluding carboxylic acids is 1. The second-order valence-corrected chi connectivity index (χ2v) is 5.54. The van der Waals surface area contributed by atoms with Crippen LogP contribution < -0.4 is 0 Å². The number of rotatable bonds is 2. The van der Waals surface area contributed by atoms with Crippen LogP contribution in [-0.2, 0) is 4.74 Å². The SMILES string of the molecule is COC(=O)c1csc(C2CCC(C(F)(F)F)CC2)n1. The predicted octanol–water partition coefficient (Wildman–Crippen LogP) is 3.77. The van der Waals surface area contributed by atoms with Crippen LogP contribution in [0.2, 0.25) is 0 Å². The number of hydrogen-bond acceptors (Lipinski definition) is 4. The molecule has 1 aliphatic carbocycles. The van der Waals surface area contributed by atoms with E-state index in [0.717, 1.165) is 5.01 Å². The van der Waals surface area contributed by atoms with Gasteiger partial charge in [0.2, 0.25) is 0 Å². The highest BCUT2D eigenvalue weighted by Gasteiger charge is 2.41. The molecule has 0 N–H and O–H groups in total. The van der Waals surface area contributed by atoms with Gasteiger partial charge in [0.15, 0.2) is 5.69 Å². The highest BCUT2D eigenvalue weighted by molar-refractivity contribution is 7.09. The number of nitrogens with zero attached hydrogens (tertiary/aromatic N) is 1. The van der Waals surface area contributed by atoms with Gasteiger partial charge in [0, 0.05) is 11.3 Å². The van der Waals surface area contributed by atoms with E-state index in [1.807, 2.05) is 0 Å². The van der Waals surface area contributed by atoms with Gasteiger partial charge in [0.05, 0.1) is 18.0 Å². The van der Waals surface area contributed by atoms with E-state index in [-0.39, 0.29) is 24.5 Å². The van der Waals surface area contributed by atoms with Crippen molar-refractivity contribution in [2.75, 3.05) is 7.11 Å². The molecule has 1 saturated carbocycles. The maximum Gasteiger partial charge on any atom is 0.391 e. The third-order valence-corrected chi connectivity index (χ3v) is 4.46. The number of ether oxygens (including phenoxy) is 1. The monoisotopic (exact) mass is 293 g/mol. The van der Waals surface area contributed by atoms with Gasteiger partial charge in [-0.2, -0.15) is 13.2 Å². The second kappa shape index (κ2) is 5.48. The topological polar surface area (TPSA) is 39.2 Å². The average molecular weight is 293 g/mol. The highest BCUT2D eigenvalue weighted by atomic mass is 32.1. The van der Waals surface area contributed by atoms with Crippen LogP contribution in [0.5, 0.6) is 0 Å². The molecule has 1 fully saturated rings. The van der Waals surface area contributed by atoms with Gasteiger partial charge in [-0.3, -0.25) is 0 Å². The molecule has 2 rings (SSSR count). The van der Waals surface area contributed by atoms with E-state index in [0.29, 0.717) is 12.8 Å². The molecular formula is C12H14F3NO2S. The fourth-order valence-corrected chi connectivity index (χ4v) is 3.30. The summed E-state index contributed by atoms with van der Waals surface area (Å²) in [4.78, 5) is 15.4. The Hall–Kier alpha value is -1.11. The summed E-state index contributed by atoms with van der Waals surface area (Å²) < 4.78 is 42.2. The van der Waals surface area contributed by atoms with Crippen molar-refractivity contribution in [3.05, 3.63) is 16.1 Å². The van der Waals surface area contributed by atoms with E-state index >= 15 is 0 Å². The molecule has 1 heterocycles. The molecule has 0 saturated heterocycles. The quantitative estimate of drug-likeness (QED) is 0.779. The van der Waals surface area contributed by atoms with Crippen molar-refractivity contribution >= 4 is 17.3 Å². The Kier molecular flexibility index (Phi) is 4.13. The lowest BCUT2D eigenvalue weighted by atomic mass is 9.82. The van der Waals surface area contributed by atoms with Gasteiger partial charge in [-0.25, -0.2) is 9.78 Å². The minimum Gasteiger partial charge on any atom is -0.464 e. The van der Waals surface area contributed by atoms with E-state index in [1.54, 1.807) is 5.38 Å². The summed E-state index contributed by atoms with van der Waals surface area (Å²) in [6.45, 7) is 0. The predicted molar refractivity (Wildman–Crippen MR) is 64.2 cm³/mol. The Morgan fingerprint density at radius 1 is 1.37 bits per heavy atom. The number of thiazole rings is 1. The van der Waals surface area contributed by atoms with E-state index in [9.17, 15) is 18.0 Å². The van der Waals surface area contributed by atoms with Gasteiger partial charge in [0.1, 0.15) is 0 Å². The van der Waals surface area contributed by atoms with Crippen molar-refractivity contribution in [1.29, 1.82) is 0 Å². The molecule has 7 heteroatoms. The summed E-state index contributed by atoms with van der Waals surface area (Å²) in [5, 5.41) is 2.33. The lowest BCUT2D eigenvalue weighted by Gasteiger charge is -2.28. The second-order valence-electron chi connectivity index (χ2n) is 4.65. The Morgan fingerprint density at radius 3 is 2.53 bits per heavy atom. The van der Waals surface area contributed by atoms with Crippen LogP contribution in [0.25, 0.3) is 0 Å². The van der Waals surface area contributed by atoms with Crippen molar-refractivity contribution in [2.45, 2.75) is 37.8 Å². The Morgan fingerprint density at radius 2 is 2.00 bits per heavy atom. The van der Waals surface area contributed by atoms with Gasteiger partial charge in [-0.05, 0) is 25.7 Å². The van der Waals surface area contributed by atoms with Crippen LogP contribution in [0.3, 0.4) is 0 Å². The number of esters is 1. The third-order valence-electron chi connectivity index (χ3n) is 3.46. The summed E-state index contributed by atoms with van der Waals surface area (Å²) in [7, 11) is 1.27. The van der Waals surface area contributed by atoms with Gasteiger partial charge >= 0.3 is 12.1 Å². The number of halogens is 3.